The number of primary amides is 1. The van der Waals surface area contributed by atoms with Crippen molar-refractivity contribution in [3.63, 3.8) is 0 Å². The standard InChI is InChI=1S/C8H10N2O4/c9-8(13)7(12)6(11)5-2-1-3-10(14)4-5/h1-4,6-7,11-12H,(H2,9,13). The van der Waals surface area contributed by atoms with Crippen LogP contribution in [0.3, 0.4) is 0 Å². The van der Waals surface area contributed by atoms with E-state index in [-0.39, 0.29) is 5.56 Å². The average Bonchev–Trinajstić information content (AvgIpc) is 2.15. The molecule has 2 unspecified atom stereocenters. The third-order valence-corrected chi connectivity index (χ3v) is 1.73. The van der Waals surface area contributed by atoms with Crippen LogP contribution in [0.4, 0.5) is 0 Å². The maximum Gasteiger partial charge on any atom is 0.249 e. The fourth-order valence-electron chi connectivity index (χ4n) is 0.985. The van der Waals surface area contributed by atoms with Gasteiger partial charge in [-0.1, -0.05) is 0 Å². The first kappa shape index (κ1) is 10.4. The topological polar surface area (TPSA) is 110 Å². The molecule has 0 radical (unpaired) electrons. The Hall–Kier alpha value is -1.66. The Balaban J connectivity index is 2.89. The van der Waals surface area contributed by atoms with Gasteiger partial charge >= 0.3 is 0 Å². The molecule has 76 valence electrons. The molecule has 2 atom stereocenters. The summed E-state index contributed by atoms with van der Waals surface area (Å²) in [5, 5.41) is 29.3. The van der Waals surface area contributed by atoms with Crippen LogP contribution in [0.2, 0.25) is 0 Å². The van der Waals surface area contributed by atoms with Gasteiger partial charge in [0.2, 0.25) is 5.91 Å². The summed E-state index contributed by atoms with van der Waals surface area (Å²) in [7, 11) is 0. The van der Waals surface area contributed by atoms with Gasteiger partial charge < -0.3 is 21.2 Å². The van der Waals surface area contributed by atoms with Gasteiger partial charge in [0.1, 0.15) is 6.10 Å². The van der Waals surface area contributed by atoms with Crippen LogP contribution in [0.5, 0.6) is 0 Å². The number of hydrogen-bond donors (Lipinski definition) is 3. The maximum absolute atomic E-state index is 10.8. The van der Waals surface area contributed by atoms with Crippen molar-refractivity contribution in [2.45, 2.75) is 12.2 Å². The summed E-state index contributed by atoms with van der Waals surface area (Å²) in [5.41, 5.74) is 4.91. The third kappa shape index (κ3) is 2.18. The Kier molecular flexibility index (Phi) is 3.00. The highest BCUT2D eigenvalue weighted by Crippen LogP contribution is 2.14. The summed E-state index contributed by atoms with van der Waals surface area (Å²) in [6, 6.07) is 2.80. The maximum atomic E-state index is 10.8. The SMILES string of the molecule is NC(=O)C(O)C(O)c1ccc[n+]([O-])c1. The lowest BCUT2D eigenvalue weighted by atomic mass is 10.1. The summed E-state index contributed by atoms with van der Waals surface area (Å²) >= 11 is 0. The van der Waals surface area contributed by atoms with Crippen LogP contribution in [-0.2, 0) is 4.79 Å². The molecule has 0 aliphatic carbocycles. The highest BCUT2D eigenvalue weighted by atomic mass is 16.5. The molecule has 0 aliphatic heterocycles. The van der Waals surface area contributed by atoms with Gasteiger partial charge in [0.25, 0.3) is 0 Å². The van der Waals surface area contributed by atoms with E-state index in [2.05, 4.69) is 0 Å². The summed E-state index contributed by atoms with van der Waals surface area (Å²) in [4.78, 5) is 10.5. The number of aromatic nitrogens is 1. The van der Waals surface area contributed by atoms with Gasteiger partial charge in [-0.2, -0.15) is 4.73 Å². The van der Waals surface area contributed by atoms with Gasteiger partial charge in [-0.3, -0.25) is 4.79 Å². The van der Waals surface area contributed by atoms with Crippen LogP contribution in [0.25, 0.3) is 0 Å². The van der Waals surface area contributed by atoms with Crippen molar-refractivity contribution in [1.82, 2.24) is 0 Å². The Labute approximate surface area is 79.8 Å². The molecule has 4 N–H and O–H groups in total. The highest BCUT2D eigenvalue weighted by molar-refractivity contribution is 5.79. The van der Waals surface area contributed by atoms with E-state index in [1.54, 1.807) is 0 Å². The first-order valence-electron chi connectivity index (χ1n) is 3.86. The van der Waals surface area contributed by atoms with Crippen molar-refractivity contribution in [3.05, 3.63) is 35.3 Å². The minimum Gasteiger partial charge on any atom is -0.619 e. The van der Waals surface area contributed by atoms with E-state index in [1.807, 2.05) is 0 Å². The largest absolute Gasteiger partial charge is 0.619 e. The lowest BCUT2D eigenvalue weighted by Crippen LogP contribution is -2.35. The Morgan fingerprint density at radius 3 is 2.71 bits per heavy atom. The van der Waals surface area contributed by atoms with Crippen LogP contribution in [0.15, 0.2) is 24.5 Å². The van der Waals surface area contributed by atoms with Crippen molar-refractivity contribution in [1.29, 1.82) is 0 Å². The lowest BCUT2D eigenvalue weighted by Gasteiger charge is -2.13. The predicted octanol–water partition coefficient (Wildman–Crippen LogP) is -1.80. The molecule has 0 aromatic carbocycles. The van der Waals surface area contributed by atoms with Crippen LogP contribution >= 0.6 is 0 Å². The molecular weight excluding hydrogens is 188 g/mol. The quantitative estimate of drug-likeness (QED) is 0.393. The number of pyridine rings is 1. The van der Waals surface area contributed by atoms with Gasteiger partial charge in [0.15, 0.2) is 18.5 Å². The zero-order chi connectivity index (χ0) is 10.7. The normalized spacial score (nSPS) is 14.7. The minimum atomic E-state index is -1.71. The van der Waals surface area contributed by atoms with E-state index in [0.717, 1.165) is 6.20 Å². The molecule has 0 fully saturated rings. The van der Waals surface area contributed by atoms with Crippen LogP contribution < -0.4 is 10.5 Å². The van der Waals surface area contributed by atoms with Crippen LogP contribution in [0, 0.1) is 5.21 Å². The summed E-state index contributed by atoms with van der Waals surface area (Å²) in [5.74, 6) is -1.04. The fraction of sp³-hybridized carbons (Fsp3) is 0.250. The first-order valence-corrected chi connectivity index (χ1v) is 3.86. The van der Waals surface area contributed by atoms with E-state index < -0.39 is 18.1 Å². The number of nitrogens with zero attached hydrogens (tertiary/aromatic N) is 1. The van der Waals surface area contributed by atoms with E-state index >= 15 is 0 Å². The average molecular weight is 198 g/mol. The van der Waals surface area contributed by atoms with E-state index in [9.17, 15) is 15.1 Å². The van der Waals surface area contributed by atoms with E-state index in [4.69, 9.17) is 10.8 Å². The Bertz CT molecular complexity index is 342. The molecule has 0 bridgehead atoms. The molecule has 6 nitrogen and oxygen atoms in total. The number of aliphatic hydroxyl groups excluding tert-OH is 2. The molecule has 6 heteroatoms. The molecule has 1 aromatic heterocycles. The summed E-state index contributed by atoms with van der Waals surface area (Å²) in [6.45, 7) is 0. The molecular formula is C8H10N2O4. The molecule has 0 saturated carbocycles. The minimum absolute atomic E-state index is 0.133. The van der Waals surface area contributed by atoms with Gasteiger partial charge in [0, 0.05) is 11.6 Å². The number of rotatable bonds is 3. The number of amides is 1. The zero-order valence-electron chi connectivity index (χ0n) is 7.20. The Morgan fingerprint density at radius 2 is 2.21 bits per heavy atom. The van der Waals surface area contributed by atoms with Crippen LogP contribution in [0.1, 0.15) is 11.7 Å². The Morgan fingerprint density at radius 1 is 1.57 bits per heavy atom. The van der Waals surface area contributed by atoms with Gasteiger partial charge in [-0.15, -0.1) is 0 Å². The molecule has 1 heterocycles. The number of carbonyl (C=O) groups is 1. The van der Waals surface area contributed by atoms with E-state index in [1.165, 1.54) is 18.3 Å². The van der Waals surface area contributed by atoms with Gasteiger partial charge in [0.05, 0.1) is 0 Å². The molecule has 0 aliphatic rings. The van der Waals surface area contributed by atoms with Crippen molar-refractivity contribution < 1.29 is 19.7 Å². The molecule has 14 heavy (non-hydrogen) atoms. The van der Waals surface area contributed by atoms with Crippen molar-refractivity contribution in [2.24, 2.45) is 5.73 Å². The first-order chi connectivity index (χ1) is 6.52. The number of hydrogen-bond acceptors (Lipinski definition) is 4. The van der Waals surface area contributed by atoms with E-state index in [0.29, 0.717) is 4.73 Å². The monoisotopic (exact) mass is 198 g/mol. The van der Waals surface area contributed by atoms with Crippen molar-refractivity contribution in [3.8, 4) is 0 Å². The molecule has 0 saturated heterocycles. The van der Waals surface area contributed by atoms with Gasteiger partial charge in [-0.05, 0) is 6.07 Å². The molecule has 1 rings (SSSR count). The second kappa shape index (κ2) is 4.03. The number of nitrogens with two attached hydrogens (primary N) is 1. The molecule has 1 aromatic rings. The fourth-order valence-corrected chi connectivity index (χ4v) is 0.985. The number of carbonyl (C=O) groups excluding carboxylic acids is 1. The summed E-state index contributed by atoms with van der Waals surface area (Å²) < 4.78 is 0.451. The second-order valence-electron chi connectivity index (χ2n) is 2.79. The zero-order valence-corrected chi connectivity index (χ0v) is 7.20. The number of aliphatic hydroxyl groups is 2. The molecule has 1 amide bonds. The second-order valence-corrected chi connectivity index (χ2v) is 2.79. The molecule has 0 spiro atoms. The highest BCUT2D eigenvalue weighted by Gasteiger charge is 2.24. The van der Waals surface area contributed by atoms with Crippen LogP contribution in [-0.4, -0.2) is 22.2 Å². The van der Waals surface area contributed by atoms with Gasteiger partial charge in [-0.25, -0.2) is 0 Å². The van der Waals surface area contributed by atoms with Crippen molar-refractivity contribution in [2.75, 3.05) is 0 Å². The summed E-state index contributed by atoms with van der Waals surface area (Å²) in [6.07, 6.45) is -0.921. The predicted molar refractivity (Wildman–Crippen MR) is 45.6 cm³/mol. The smallest absolute Gasteiger partial charge is 0.249 e. The lowest BCUT2D eigenvalue weighted by molar-refractivity contribution is -0.606. The third-order valence-electron chi connectivity index (χ3n) is 1.73. The van der Waals surface area contributed by atoms with Crippen molar-refractivity contribution >= 4 is 5.91 Å².